The van der Waals surface area contributed by atoms with Gasteiger partial charge in [-0.2, -0.15) is 0 Å². The summed E-state index contributed by atoms with van der Waals surface area (Å²) >= 11 is 0. The van der Waals surface area contributed by atoms with Crippen LogP contribution in [0.5, 0.6) is 0 Å². The van der Waals surface area contributed by atoms with Crippen LogP contribution >= 0.6 is 0 Å². The second kappa shape index (κ2) is 14.7. The maximum atomic E-state index is 6.43. The summed E-state index contributed by atoms with van der Waals surface area (Å²) in [5.41, 5.74) is 19.6. The molecule has 12 rings (SSSR count). The predicted octanol–water partition coefficient (Wildman–Crippen LogP) is 16.4. The van der Waals surface area contributed by atoms with Gasteiger partial charge in [0, 0.05) is 55.6 Å². The number of nitrogens with zero attached hydrogens (tertiary/aromatic N) is 1. The Kier molecular flexibility index (Phi) is 8.53. The molecule has 11 aromatic rings. The Labute approximate surface area is 360 Å². The molecule has 0 aliphatic heterocycles. The highest BCUT2D eigenvalue weighted by Gasteiger charge is 2.19. The minimum atomic E-state index is 0.916. The van der Waals surface area contributed by atoms with E-state index >= 15 is 0 Å². The number of allylic oxidation sites excluding steroid dienone is 1. The van der Waals surface area contributed by atoms with Crippen molar-refractivity contribution < 1.29 is 4.42 Å². The first-order chi connectivity index (χ1) is 30.6. The van der Waals surface area contributed by atoms with E-state index < -0.39 is 0 Å². The summed E-state index contributed by atoms with van der Waals surface area (Å²) in [6.45, 7) is 2.20. The van der Waals surface area contributed by atoms with Crippen LogP contribution in [0.15, 0.2) is 205 Å². The molecule has 0 amide bonds. The van der Waals surface area contributed by atoms with E-state index in [0.717, 1.165) is 62.8 Å². The van der Waals surface area contributed by atoms with Crippen molar-refractivity contribution in [3.8, 4) is 50.2 Å². The molecule has 9 aromatic carbocycles. The lowest BCUT2D eigenvalue weighted by atomic mass is 9.92. The number of fused-ring (bicyclic) bond motifs is 7. The van der Waals surface area contributed by atoms with Gasteiger partial charge in [-0.1, -0.05) is 152 Å². The molecular weight excluding hydrogens is 753 g/mol. The molecule has 0 radical (unpaired) electrons. The first kappa shape index (κ1) is 36.0. The van der Waals surface area contributed by atoms with Gasteiger partial charge in [0.2, 0.25) is 0 Å². The molecule has 0 saturated heterocycles. The molecule has 62 heavy (non-hydrogen) atoms. The van der Waals surface area contributed by atoms with Crippen LogP contribution in [0.1, 0.15) is 23.2 Å². The standard InChI is InChI=1S/C59H42N2O/c1-38-34-42(26-32-48(38)53-19-11-20-54-52-18-6-9-23-58(52)62-59(53)54)41-14-10-15-45(36-41)49-33-27-44(43-25-24-39-12-2-3-13-40(39)35-43)37-55(49)60-46-28-30-47(31-29-46)61-56-21-7-4-16-50(56)51-17-5-8-22-57(51)61/h2-7,9-21,23-37,60H,8,22H2,1H3. The molecule has 0 spiro atoms. The molecule has 3 heteroatoms. The zero-order valence-corrected chi connectivity index (χ0v) is 34.4. The maximum Gasteiger partial charge on any atom is 0.143 e. The van der Waals surface area contributed by atoms with Crippen LogP contribution in [0.2, 0.25) is 0 Å². The molecule has 1 aliphatic carbocycles. The first-order valence-electron chi connectivity index (χ1n) is 21.5. The Hall–Kier alpha value is -7.88. The number of furan rings is 1. The van der Waals surface area contributed by atoms with Gasteiger partial charge in [-0.05, 0) is 124 Å². The Balaban J connectivity index is 0.917. The van der Waals surface area contributed by atoms with Crippen molar-refractivity contribution in [1.82, 2.24) is 4.57 Å². The van der Waals surface area contributed by atoms with E-state index in [9.17, 15) is 0 Å². The number of aryl methyl sites for hydroxylation is 1. The number of hydrogen-bond acceptors (Lipinski definition) is 2. The smallest absolute Gasteiger partial charge is 0.143 e. The van der Waals surface area contributed by atoms with Gasteiger partial charge in [-0.3, -0.25) is 0 Å². The van der Waals surface area contributed by atoms with Gasteiger partial charge in [-0.15, -0.1) is 0 Å². The van der Waals surface area contributed by atoms with E-state index in [0.29, 0.717) is 0 Å². The molecule has 1 aliphatic rings. The van der Waals surface area contributed by atoms with Gasteiger partial charge in [0.05, 0.1) is 5.52 Å². The molecule has 0 bridgehead atoms. The average molecular weight is 795 g/mol. The summed E-state index contributed by atoms with van der Waals surface area (Å²) in [4.78, 5) is 0. The van der Waals surface area contributed by atoms with Crippen molar-refractivity contribution in [2.45, 2.75) is 19.8 Å². The van der Waals surface area contributed by atoms with Crippen molar-refractivity contribution in [3.63, 3.8) is 0 Å². The van der Waals surface area contributed by atoms with Crippen LogP contribution in [0.4, 0.5) is 11.4 Å². The minimum Gasteiger partial charge on any atom is -0.455 e. The maximum absolute atomic E-state index is 6.43. The number of hydrogen-bond donors (Lipinski definition) is 1. The Bertz CT molecular complexity index is 3560. The lowest BCUT2D eigenvalue weighted by molar-refractivity contribution is 0.670. The van der Waals surface area contributed by atoms with E-state index in [1.807, 2.05) is 12.1 Å². The SMILES string of the molecule is Cc1cc(-c2cccc(-c3ccc(-c4ccc5ccccc5c4)cc3Nc3ccc(-n4c5c(c6ccccc64)C=CCC5)cc3)c2)ccc1-c1cccc2c1oc1ccccc12. The predicted molar refractivity (Wildman–Crippen MR) is 262 cm³/mol. The lowest BCUT2D eigenvalue weighted by Crippen LogP contribution is -2.03. The molecule has 2 aromatic heterocycles. The first-order valence-corrected chi connectivity index (χ1v) is 21.5. The second-order valence-corrected chi connectivity index (χ2v) is 16.5. The van der Waals surface area contributed by atoms with Crippen molar-refractivity contribution in [2.75, 3.05) is 5.32 Å². The number of anilines is 2. The fraction of sp³-hybridized carbons (Fsp3) is 0.0508. The summed E-state index contributed by atoms with van der Waals surface area (Å²) in [6.07, 6.45) is 6.69. The summed E-state index contributed by atoms with van der Waals surface area (Å²) in [5, 5.41) is 9.96. The summed E-state index contributed by atoms with van der Waals surface area (Å²) in [6, 6.07) is 70.3. The number of para-hydroxylation sites is 3. The zero-order valence-electron chi connectivity index (χ0n) is 34.4. The molecule has 0 unspecified atom stereocenters. The third-order valence-electron chi connectivity index (χ3n) is 12.8. The monoisotopic (exact) mass is 794 g/mol. The molecule has 2 heterocycles. The summed E-state index contributed by atoms with van der Waals surface area (Å²) in [5.74, 6) is 0. The third kappa shape index (κ3) is 6.13. The summed E-state index contributed by atoms with van der Waals surface area (Å²) < 4.78 is 8.88. The summed E-state index contributed by atoms with van der Waals surface area (Å²) in [7, 11) is 0. The molecule has 0 saturated carbocycles. The molecule has 294 valence electrons. The molecule has 3 nitrogen and oxygen atoms in total. The van der Waals surface area contributed by atoms with Crippen LogP contribution in [-0.4, -0.2) is 4.57 Å². The topological polar surface area (TPSA) is 30.1 Å². The molecule has 0 fully saturated rings. The van der Waals surface area contributed by atoms with Crippen LogP contribution in [-0.2, 0) is 6.42 Å². The van der Waals surface area contributed by atoms with Crippen LogP contribution in [0, 0.1) is 6.92 Å². The zero-order chi connectivity index (χ0) is 41.1. The van der Waals surface area contributed by atoms with Gasteiger partial charge in [0.25, 0.3) is 0 Å². The van der Waals surface area contributed by atoms with E-state index in [2.05, 4.69) is 211 Å². The highest BCUT2D eigenvalue weighted by Crippen LogP contribution is 2.41. The second-order valence-electron chi connectivity index (χ2n) is 16.5. The molecule has 1 N–H and O–H groups in total. The van der Waals surface area contributed by atoms with Gasteiger partial charge < -0.3 is 14.3 Å². The van der Waals surface area contributed by atoms with Gasteiger partial charge in [0.1, 0.15) is 11.2 Å². The van der Waals surface area contributed by atoms with E-state index in [1.54, 1.807) is 0 Å². The number of aromatic nitrogens is 1. The number of benzene rings is 9. The van der Waals surface area contributed by atoms with Crippen LogP contribution < -0.4 is 5.32 Å². The van der Waals surface area contributed by atoms with Gasteiger partial charge in [-0.25, -0.2) is 0 Å². The van der Waals surface area contributed by atoms with Crippen LogP contribution in [0.25, 0.3) is 99.9 Å². The number of rotatable bonds is 7. The van der Waals surface area contributed by atoms with E-state index in [4.69, 9.17) is 4.42 Å². The van der Waals surface area contributed by atoms with E-state index in [1.165, 1.54) is 72.0 Å². The average Bonchev–Trinajstić information content (AvgIpc) is 3.88. The van der Waals surface area contributed by atoms with Gasteiger partial charge >= 0.3 is 0 Å². The van der Waals surface area contributed by atoms with Crippen molar-refractivity contribution in [1.29, 1.82) is 0 Å². The Morgan fingerprint density at radius 1 is 0.500 bits per heavy atom. The van der Waals surface area contributed by atoms with Gasteiger partial charge in [0.15, 0.2) is 0 Å². The molecule has 0 atom stereocenters. The lowest BCUT2D eigenvalue weighted by Gasteiger charge is -2.17. The fourth-order valence-electron chi connectivity index (χ4n) is 9.73. The van der Waals surface area contributed by atoms with Crippen molar-refractivity contribution in [2.24, 2.45) is 0 Å². The Morgan fingerprint density at radius 2 is 1.19 bits per heavy atom. The fourth-order valence-corrected chi connectivity index (χ4v) is 9.73. The Morgan fingerprint density at radius 3 is 2.08 bits per heavy atom. The van der Waals surface area contributed by atoms with Crippen molar-refractivity contribution in [3.05, 3.63) is 217 Å². The van der Waals surface area contributed by atoms with Crippen LogP contribution in [0.3, 0.4) is 0 Å². The molecular formula is C59H42N2O. The number of nitrogens with one attached hydrogen (secondary N) is 1. The normalized spacial score (nSPS) is 12.4. The highest BCUT2D eigenvalue weighted by molar-refractivity contribution is 6.10. The largest absolute Gasteiger partial charge is 0.455 e. The quantitative estimate of drug-likeness (QED) is 0.174. The van der Waals surface area contributed by atoms with E-state index in [-0.39, 0.29) is 0 Å². The minimum absolute atomic E-state index is 0.916. The van der Waals surface area contributed by atoms with Crippen molar-refractivity contribution >= 4 is 61.1 Å². The third-order valence-corrected chi connectivity index (χ3v) is 12.8. The highest BCUT2D eigenvalue weighted by atomic mass is 16.3.